The molecule has 30 heavy (non-hydrogen) atoms. The van der Waals surface area contributed by atoms with Crippen LogP contribution in [0.5, 0.6) is 0 Å². The van der Waals surface area contributed by atoms with Crippen molar-refractivity contribution >= 4 is 28.4 Å². The Hall–Kier alpha value is -3.56. The van der Waals surface area contributed by atoms with Gasteiger partial charge in [-0.25, -0.2) is 9.78 Å². The number of carbonyl (C=O) groups excluding carboxylic acids is 1. The van der Waals surface area contributed by atoms with Crippen LogP contribution in [0.25, 0.3) is 11.0 Å². The number of anilines is 1. The van der Waals surface area contributed by atoms with Crippen LogP contribution >= 0.6 is 0 Å². The lowest BCUT2D eigenvalue weighted by Gasteiger charge is -2.20. The predicted molar refractivity (Wildman–Crippen MR) is 105 cm³/mol. The van der Waals surface area contributed by atoms with Gasteiger partial charge in [0.15, 0.2) is 5.82 Å². The quantitative estimate of drug-likeness (QED) is 0.338. The van der Waals surface area contributed by atoms with E-state index in [-0.39, 0.29) is 22.6 Å². The first-order chi connectivity index (χ1) is 14.5. The van der Waals surface area contributed by atoms with Crippen molar-refractivity contribution in [1.29, 1.82) is 0 Å². The Morgan fingerprint density at radius 3 is 2.63 bits per heavy atom. The molecule has 1 aliphatic heterocycles. The molecular formula is C20H18F2N4O4. The van der Waals surface area contributed by atoms with Crippen LogP contribution in [-0.4, -0.2) is 33.5 Å². The van der Waals surface area contributed by atoms with Gasteiger partial charge in [0.05, 0.1) is 27.2 Å². The maximum absolute atomic E-state index is 13.5. The van der Waals surface area contributed by atoms with E-state index in [0.29, 0.717) is 15.8 Å². The summed E-state index contributed by atoms with van der Waals surface area (Å²) in [4.78, 5) is 29.4. The van der Waals surface area contributed by atoms with Gasteiger partial charge in [0.25, 0.3) is 5.69 Å². The number of hydrogen-bond donors (Lipinski definition) is 0. The van der Waals surface area contributed by atoms with Crippen LogP contribution in [0.3, 0.4) is 0 Å². The van der Waals surface area contributed by atoms with Gasteiger partial charge in [-0.3, -0.25) is 14.7 Å². The van der Waals surface area contributed by atoms with Gasteiger partial charge < -0.3 is 9.64 Å². The van der Waals surface area contributed by atoms with Gasteiger partial charge in [0, 0.05) is 25.2 Å². The van der Waals surface area contributed by atoms with E-state index < -0.39 is 24.0 Å². The van der Waals surface area contributed by atoms with Crippen molar-refractivity contribution in [2.24, 2.45) is 0 Å². The molecule has 10 heteroatoms. The average Bonchev–Trinajstić information content (AvgIpc) is 3.39. The molecule has 0 amide bonds. The van der Waals surface area contributed by atoms with E-state index in [0.717, 1.165) is 32.0 Å². The molecule has 2 heterocycles. The number of imidazole rings is 1. The summed E-state index contributed by atoms with van der Waals surface area (Å²) in [6.07, 6.45) is 1.90. The Morgan fingerprint density at radius 2 is 1.93 bits per heavy atom. The van der Waals surface area contributed by atoms with Crippen molar-refractivity contribution in [3.05, 3.63) is 64.0 Å². The summed E-state index contributed by atoms with van der Waals surface area (Å²) in [5.41, 5.74) is 0.907. The molecule has 0 atom stereocenters. The molecule has 0 saturated carbocycles. The first-order valence-corrected chi connectivity index (χ1v) is 9.40. The second kappa shape index (κ2) is 8.05. The van der Waals surface area contributed by atoms with Crippen molar-refractivity contribution in [2.75, 3.05) is 18.0 Å². The number of benzene rings is 2. The summed E-state index contributed by atoms with van der Waals surface area (Å²) in [6.45, 7) is -1.90. The third-order valence-electron chi connectivity index (χ3n) is 5.05. The minimum Gasteiger partial charge on any atom is -0.454 e. The van der Waals surface area contributed by atoms with Crippen molar-refractivity contribution < 1.29 is 23.2 Å². The Labute approximate surface area is 169 Å². The minimum atomic E-state index is -2.86. The molecule has 1 aliphatic rings. The van der Waals surface area contributed by atoms with Gasteiger partial charge in [0.2, 0.25) is 0 Å². The Balaban J connectivity index is 1.63. The van der Waals surface area contributed by atoms with Crippen LogP contribution in [0.4, 0.5) is 20.2 Å². The molecule has 0 N–H and O–H groups in total. The van der Waals surface area contributed by atoms with Crippen LogP contribution in [0.15, 0.2) is 42.5 Å². The highest BCUT2D eigenvalue weighted by atomic mass is 19.3. The van der Waals surface area contributed by atoms with E-state index in [1.165, 1.54) is 18.2 Å². The zero-order chi connectivity index (χ0) is 21.3. The van der Waals surface area contributed by atoms with Crippen molar-refractivity contribution in [1.82, 2.24) is 9.55 Å². The average molecular weight is 416 g/mol. The van der Waals surface area contributed by atoms with E-state index in [2.05, 4.69) is 4.98 Å². The van der Waals surface area contributed by atoms with Crippen LogP contribution in [-0.2, 0) is 11.3 Å². The zero-order valence-corrected chi connectivity index (χ0v) is 15.8. The number of esters is 1. The number of aromatic nitrogens is 2. The fourth-order valence-corrected chi connectivity index (χ4v) is 3.66. The van der Waals surface area contributed by atoms with Gasteiger partial charge >= 0.3 is 12.5 Å². The summed E-state index contributed by atoms with van der Waals surface area (Å²) in [5, 5.41) is 11.1. The number of ether oxygens (including phenoxy) is 1. The highest BCUT2D eigenvalue weighted by Gasteiger charge is 2.25. The van der Waals surface area contributed by atoms with E-state index in [4.69, 9.17) is 4.74 Å². The van der Waals surface area contributed by atoms with Crippen molar-refractivity contribution in [3.8, 4) is 0 Å². The number of alkyl halides is 2. The second-order valence-electron chi connectivity index (χ2n) is 6.89. The smallest absolute Gasteiger partial charge is 0.340 e. The first kappa shape index (κ1) is 19.7. The van der Waals surface area contributed by atoms with Gasteiger partial charge in [-0.05, 0) is 31.0 Å². The maximum Gasteiger partial charge on any atom is 0.340 e. The largest absolute Gasteiger partial charge is 0.454 e. The number of halogens is 2. The van der Waals surface area contributed by atoms with Crippen molar-refractivity contribution in [2.45, 2.75) is 26.0 Å². The van der Waals surface area contributed by atoms with Crippen LogP contribution in [0, 0.1) is 10.1 Å². The Bertz CT molecular complexity index is 1110. The fourth-order valence-electron chi connectivity index (χ4n) is 3.66. The third kappa shape index (κ3) is 3.68. The number of hydrogen-bond acceptors (Lipinski definition) is 6. The molecule has 0 unspecified atom stereocenters. The summed E-state index contributed by atoms with van der Waals surface area (Å²) in [5.74, 6) is -0.929. The maximum atomic E-state index is 13.5. The molecule has 1 aromatic heterocycles. The van der Waals surface area contributed by atoms with E-state index in [9.17, 15) is 23.7 Å². The zero-order valence-electron chi connectivity index (χ0n) is 15.8. The molecular weight excluding hydrogens is 398 g/mol. The lowest BCUT2D eigenvalue weighted by atomic mass is 10.1. The molecule has 3 aromatic rings. The number of nitrogens with zero attached hydrogens (tertiary/aromatic N) is 4. The number of fused-ring (bicyclic) bond motifs is 1. The normalized spacial score (nSPS) is 13.9. The van der Waals surface area contributed by atoms with Gasteiger partial charge in [-0.1, -0.05) is 12.1 Å². The lowest BCUT2D eigenvalue weighted by Crippen LogP contribution is -2.21. The van der Waals surface area contributed by atoms with Crippen LogP contribution in [0.2, 0.25) is 0 Å². The number of para-hydroxylation sites is 2. The molecule has 0 bridgehead atoms. The lowest BCUT2D eigenvalue weighted by molar-refractivity contribution is -0.384. The van der Waals surface area contributed by atoms with E-state index in [1.54, 1.807) is 18.2 Å². The summed E-state index contributed by atoms with van der Waals surface area (Å²) in [7, 11) is 0. The summed E-state index contributed by atoms with van der Waals surface area (Å²) in [6, 6.07) is 10.4. The monoisotopic (exact) mass is 416 g/mol. The highest BCUT2D eigenvalue weighted by molar-refractivity contribution is 5.96. The topological polar surface area (TPSA) is 90.5 Å². The summed E-state index contributed by atoms with van der Waals surface area (Å²) < 4.78 is 33.1. The number of nitro groups is 1. The predicted octanol–water partition coefficient (Wildman–Crippen LogP) is 4.30. The number of rotatable bonds is 6. The van der Waals surface area contributed by atoms with Gasteiger partial charge in [0.1, 0.15) is 6.61 Å². The van der Waals surface area contributed by atoms with Crippen molar-refractivity contribution in [3.63, 3.8) is 0 Å². The standard InChI is InChI=1S/C20H18F2N4O4/c21-20(22)25-17-6-2-1-5-15(17)23-18(25)12-30-19(27)14-11-13(26(28)29)7-8-16(14)24-9-3-4-10-24/h1-2,5-8,11,20H,3-4,9-10,12H2. The van der Waals surface area contributed by atoms with E-state index >= 15 is 0 Å². The Kier molecular flexibility index (Phi) is 5.30. The Morgan fingerprint density at radius 1 is 1.20 bits per heavy atom. The number of nitro benzene ring substituents is 1. The summed E-state index contributed by atoms with van der Waals surface area (Å²) >= 11 is 0. The van der Waals surface area contributed by atoms with Crippen LogP contribution < -0.4 is 4.90 Å². The molecule has 2 aromatic carbocycles. The highest BCUT2D eigenvalue weighted by Crippen LogP contribution is 2.30. The van der Waals surface area contributed by atoms with E-state index in [1.807, 2.05) is 4.90 Å². The minimum absolute atomic E-state index is 0.0332. The molecule has 1 saturated heterocycles. The molecule has 156 valence electrons. The second-order valence-corrected chi connectivity index (χ2v) is 6.89. The third-order valence-corrected chi connectivity index (χ3v) is 5.05. The first-order valence-electron chi connectivity index (χ1n) is 9.40. The molecule has 0 spiro atoms. The molecule has 0 radical (unpaired) electrons. The molecule has 4 rings (SSSR count). The SMILES string of the molecule is O=C(OCc1nc2ccccc2n1C(F)F)c1cc([N+](=O)[O-])ccc1N1CCCC1. The van der Waals surface area contributed by atoms with Gasteiger partial charge in [-0.15, -0.1) is 0 Å². The molecule has 8 nitrogen and oxygen atoms in total. The fraction of sp³-hybridized carbons (Fsp3) is 0.300. The molecule has 1 fully saturated rings. The van der Waals surface area contributed by atoms with Crippen LogP contribution in [0.1, 0.15) is 35.6 Å². The number of non-ortho nitro benzene ring substituents is 1. The number of carbonyl (C=O) groups is 1. The molecule has 0 aliphatic carbocycles. The van der Waals surface area contributed by atoms with Gasteiger partial charge in [-0.2, -0.15) is 8.78 Å².